The first-order chi connectivity index (χ1) is 16.4. The van der Waals surface area contributed by atoms with Gasteiger partial charge in [0.1, 0.15) is 23.5 Å². The number of imidazole rings is 1. The van der Waals surface area contributed by atoms with Crippen LogP contribution in [-0.4, -0.2) is 29.5 Å². The molecule has 3 aromatic heterocycles. The lowest BCUT2D eigenvalue weighted by atomic mass is 10.1. The third-order valence-corrected chi connectivity index (χ3v) is 6.35. The smallest absolute Gasteiger partial charge is 0.267 e. The van der Waals surface area contributed by atoms with E-state index in [1.165, 1.54) is 29.4 Å². The molecule has 0 radical (unpaired) electrons. The van der Waals surface area contributed by atoms with Crippen LogP contribution >= 0.6 is 34.8 Å². The normalized spacial score (nSPS) is 12.4. The fourth-order valence-corrected chi connectivity index (χ4v) is 4.57. The van der Waals surface area contributed by atoms with Crippen LogP contribution in [0.15, 0.2) is 47.8 Å². The first kappa shape index (κ1) is 22.5. The summed E-state index contributed by atoms with van der Waals surface area (Å²) in [6.45, 7) is 1.91. The molecule has 172 valence electrons. The van der Waals surface area contributed by atoms with E-state index in [2.05, 4.69) is 25.3 Å². The van der Waals surface area contributed by atoms with Crippen molar-refractivity contribution in [3.8, 4) is 5.69 Å². The van der Waals surface area contributed by atoms with Crippen molar-refractivity contribution in [2.45, 2.75) is 19.4 Å². The van der Waals surface area contributed by atoms with Gasteiger partial charge in [0.15, 0.2) is 11.5 Å². The first-order valence-corrected chi connectivity index (χ1v) is 11.3. The van der Waals surface area contributed by atoms with Crippen LogP contribution in [-0.2, 0) is 0 Å². The van der Waals surface area contributed by atoms with E-state index in [-0.39, 0.29) is 31.7 Å². The number of hydrogen-bond donors (Lipinski definition) is 2. The Bertz CT molecular complexity index is 1600. The molecule has 1 unspecified atom stereocenters. The highest BCUT2D eigenvalue weighted by atomic mass is 35.5. The second-order valence-corrected chi connectivity index (χ2v) is 8.56. The first-order valence-electron chi connectivity index (χ1n) is 10.2. The largest absolute Gasteiger partial charge is 0.358 e. The van der Waals surface area contributed by atoms with Gasteiger partial charge in [-0.2, -0.15) is 0 Å². The Morgan fingerprint density at radius 1 is 1.12 bits per heavy atom. The van der Waals surface area contributed by atoms with Crippen LogP contribution in [0.5, 0.6) is 0 Å². The maximum absolute atomic E-state index is 14.3. The molecule has 5 aromatic rings. The van der Waals surface area contributed by atoms with Gasteiger partial charge in [0.2, 0.25) is 0 Å². The third-order valence-electron chi connectivity index (χ3n) is 5.37. The zero-order valence-corrected chi connectivity index (χ0v) is 19.7. The Morgan fingerprint density at radius 3 is 2.62 bits per heavy atom. The van der Waals surface area contributed by atoms with Gasteiger partial charge in [-0.15, -0.1) is 0 Å². The van der Waals surface area contributed by atoms with Crippen LogP contribution < -0.4 is 10.9 Å². The quantitative estimate of drug-likeness (QED) is 0.309. The van der Waals surface area contributed by atoms with Gasteiger partial charge in [0, 0.05) is 0 Å². The molecule has 0 saturated carbocycles. The van der Waals surface area contributed by atoms with Crippen molar-refractivity contribution in [1.82, 2.24) is 29.5 Å². The van der Waals surface area contributed by atoms with E-state index in [1.807, 2.05) is 6.92 Å². The molecule has 0 aliphatic heterocycles. The standard InChI is InChI=1S/C22H15Cl3FN7O/c1-2-13(31-20-17-19(28-8-27-17)29-9-30-20)21-32-14-7-6-12(26)16(25)15(14)22(34)33(21)18-10(23)4-3-5-11(18)24/h3-9,13H,2H2,1H3,(H2,27,28,29,30,31). The molecule has 0 spiro atoms. The number of hydrogen-bond acceptors (Lipinski definition) is 6. The van der Waals surface area contributed by atoms with Crippen LogP contribution in [0, 0.1) is 5.82 Å². The summed E-state index contributed by atoms with van der Waals surface area (Å²) >= 11 is 19.1. The maximum Gasteiger partial charge on any atom is 0.267 e. The Morgan fingerprint density at radius 2 is 1.88 bits per heavy atom. The number of aromatic amines is 1. The van der Waals surface area contributed by atoms with E-state index < -0.39 is 17.4 Å². The van der Waals surface area contributed by atoms with Crippen LogP contribution in [0.3, 0.4) is 0 Å². The number of rotatable bonds is 5. The molecule has 0 aliphatic carbocycles. The monoisotopic (exact) mass is 517 g/mol. The van der Waals surface area contributed by atoms with Crippen molar-refractivity contribution in [3.05, 3.63) is 80.0 Å². The summed E-state index contributed by atoms with van der Waals surface area (Å²) in [5, 5.41) is 3.34. The van der Waals surface area contributed by atoms with Crippen molar-refractivity contribution in [2.24, 2.45) is 0 Å². The number of nitrogens with zero attached hydrogens (tertiary/aromatic N) is 5. The summed E-state index contributed by atoms with van der Waals surface area (Å²) in [6.07, 6.45) is 3.39. The molecule has 5 rings (SSSR count). The van der Waals surface area contributed by atoms with Crippen molar-refractivity contribution in [1.29, 1.82) is 0 Å². The van der Waals surface area contributed by atoms with Crippen LogP contribution in [0.2, 0.25) is 15.1 Å². The molecule has 2 N–H and O–H groups in total. The van der Waals surface area contributed by atoms with Crippen molar-refractivity contribution < 1.29 is 4.39 Å². The highest BCUT2D eigenvalue weighted by Crippen LogP contribution is 2.33. The SMILES string of the molecule is CCC(Nc1ncnc2nc[nH]c12)c1nc2ccc(F)c(Cl)c2c(=O)n1-c1c(Cl)cccc1Cl. The minimum atomic E-state index is -0.731. The summed E-state index contributed by atoms with van der Waals surface area (Å²) in [5.74, 6) is 0.0343. The number of H-pyrrole nitrogens is 1. The average molecular weight is 519 g/mol. The van der Waals surface area contributed by atoms with Gasteiger partial charge in [-0.05, 0) is 30.7 Å². The Kier molecular flexibility index (Phi) is 5.85. The molecular weight excluding hydrogens is 504 g/mol. The summed E-state index contributed by atoms with van der Waals surface area (Å²) in [7, 11) is 0. The lowest BCUT2D eigenvalue weighted by Crippen LogP contribution is -2.29. The third kappa shape index (κ3) is 3.66. The topological polar surface area (TPSA) is 101 Å². The number of fused-ring (bicyclic) bond motifs is 2. The molecule has 12 heteroatoms. The number of halogens is 4. The second kappa shape index (κ2) is 8.83. The fraction of sp³-hybridized carbons (Fsp3) is 0.136. The number of para-hydroxylation sites is 1. The van der Waals surface area contributed by atoms with E-state index >= 15 is 0 Å². The van der Waals surface area contributed by atoms with Crippen molar-refractivity contribution >= 4 is 62.7 Å². The van der Waals surface area contributed by atoms with Gasteiger partial charge in [0.05, 0.1) is 44.0 Å². The highest BCUT2D eigenvalue weighted by molar-refractivity contribution is 6.38. The van der Waals surface area contributed by atoms with E-state index in [0.29, 0.717) is 29.2 Å². The molecule has 0 amide bonds. The van der Waals surface area contributed by atoms with Gasteiger partial charge >= 0.3 is 0 Å². The van der Waals surface area contributed by atoms with E-state index in [1.54, 1.807) is 18.2 Å². The minimum absolute atomic E-state index is 0.0748. The Hall–Kier alpha value is -3.27. The van der Waals surface area contributed by atoms with Gasteiger partial charge in [-0.3, -0.25) is 9.36 Å². The maximum atomic E-state index is 14.3. The average Bonchev–Trinajstić information content (AvgIpc) is 3.30. The van der Waals surface area contributed by atoms with Gasteiger partial charge in [-0.25, -0.2) is 24.3 Å². The highest BCUT2D eigenvalue weighted by Gasteiger charge is 2.25. The molecule has 0 aliphatic rings. The molecular formula is C22H15Cl3FN7O. The van der Waals surface area contributed by atoms with Gasteiger partial charge in [0.25, 0.3) is 5.56 Å². The Balaban J connectivity index is 1.81. The number of aromatic nitrogens is 6. The zero-order valence-electron chi connectivity index (χ0n) is 17.5. The van der Waals surface area contributed by atoms with E-state index in [9.17, 15) is 9.18 Å². The zero-order chi connectivity index (χ0) is 24.0. The summed E-state index contributed by atoms with van der Waals surface area (Å²) in [5.41, 5.74) is 0.925. The molecule has 0 bridgehead atoms. The van der Waals surface area contributed by atoms with Crippen molar-refractivity contribution in [2.75, 3.05) is 5.32 Å². The molecule has 0 saturated heterocycles. The van der Waals surface area contributed by atoms with Crippen molar-refractivity contribution in [3.63, 3.8) is 0 Å². The number of benzene rings is 2. The molecule has 0 fully saturated rings. The molecule has 3 heterocycles. The Labute approximate surface area is 206 Å². The summed E-state index contributed by atoms with van der Waals surface area (Å²) in [4.78, 5) is 34.0. The second-order valence-electron chi connectivity index (χ2n) is 7.36. The van der Waals surface area contributed by atoms with E-state index in [4.69, 9.17) is 39.8 Å². The van der Waals surface area contributed by atoms with Crippen LogP contribution in [0.25, 0.3) is 27.8 Å². The van der Waals surface area contributed by atoms with E-state index in [0.717, 1.165) is 0 Å². The van der Waals surface area contributed by atoms with Crippen LogP contribution in [0.4, 0.5) is 10.2 Å². The van der Waals surface area contributed by atoms with Gasteiger partial charge < -0.3 is 10.3 Å². The molecule has 2 aromatic carbocycles. The predicted octanol–water partition coefficient (Wildman–Crippen LogP) is 5.71. The molecule has 8 nitrogen and oxygen atoms in total. The van der Waals surface area contributed by atoms with Crippen LogP contribution in [0.1, 0.15) is 25.2 Å². The lowest BCUT2D eigenvalue weighted by Gasteiger charge is -2.23. The lowest BCUT2D eigenvalue weighted by molar-refractivity contribution is 0.628. The summed E-state index contributed by atoms with van der Waals surface area (Å²) < 4.78 is 15.5. The fourth-order valence-electron chi connectivity index (χ4n) is 3.77. The minimum Gasteiger partial charge on any atom is -0.358 e. The molecule has 34 heavy (non-hydrogen) atoms. The predicted molar refractivity (Wildman–Crippen MR) is 131 cm³/mol. The number of nitrogens with one attached hydrogen (secondary N) is 2. The molecule has 1 atom stereocenters. The van der Waals surface area contributed by atoms with Gasteiger partial charge in [-0.1, -0.05) is 47.8 Å². The number of anilines is 1. The summed E-state index contributed by atoms with van der Waals surface area (Å²) in [6, 6.07) is 6.90.